The van der Waals surface area contributed by atoms with Gasteiger partial charge in [0.1, 0.15) is 5.75 Å². The Morgan fingerprint density at radius 2 is 1.89 bits per heavy atom. The van der Waals surface area contributed by atoms with Gasteiger partial charge in [0.2, 0.25) is 5.91 Å². The van der Waals surface area contributed by atoms with Crippen molar-refractivity contribution in [3.63, 3.8) is 0 Å². The summed E-state index contributed by atoms with van der Waals surface area (Å²) in [6.07, 6.45) is 1.28. The first-order chi connectivity index (χ1) is 21.0. The molecule has 44 heavy (non-hydrogen) atoms. The van der Waals surface area contributed by atoms with Gasteiger partial charge in [-0.15, -0.1) is 0 Å². The fraction of sp³-hybridized carbons (Fsp3) is 0.265. The monoisotopic (exact) mass is 632 g/mol. The molecule has 0 aliphatic carbocycles. The summed E-state index contributed by atoms with van der Waals surface area (Å²) >= 11 is 13.1. The van der Waals surface area contributed by atoms with Crippen molar-refractivity contribution in [2.45, 2.75) is 32.7 Å². The molecule has 1 aliphatic heterocycles. The zero-order chi connectivity index (χ0) is 31.9. The first-order valence-corrected chi connectivity index (χ1v) is 14.9. The highest BCUT2D eigenvalue weighted by molar-refractivity contribution is 6.35. The van der Waals surface area contributed by atoms with E-state index in [9.17, 15) is 9.59 Å². The number of carbonyl (C=O) groups is 1. The van der Waals surface area contributed by atoms with E-state index < -0.39 is 11.4 Å². The largest absolute Gasteiger partial charge is 0.496 e. The highest BCUT2D eigenvalue weighted by Gasteiger charge is 2.32. The lowest BCUT2D eigenvalue weighted by Gasteiger charge is -2.42. The van der Waals surface area contributed by atoms with Gasteiger partial charge in [0.05, 0.1) is 41.2 Å². The van der Waals surface area contributed by atoms with E-state index in [0.717, 1.165) is 5.56 Å². The Labute approximate surface area is 265 Å². The van der Waals surface area contributed by atoms with E-state index in [1.807, 2.05) is 49.9 Å². The number of nitrogens with zero attached hydrogens (tertiary/aromatic N) is 4. The van der Waals surface area contributed by atoms with Crippen LogP contribution in [0.3, 0.4) is 0 Å². The summed E-state index contributed by atoms with van der Waals surface area (Å²) in [5.74, 6) is -0.618. The van der Waals surface area contributed by atoms with Gasteiger partial charge < -0.3 is 14.5 Å². The third-order valence-corrected chi connectivity index (χ3v) is 8.67. The number of benzene rings is 3. The molecule has 4 aromatic rings. The molecule has 1 atom stereocenters. The van der Waals surface area contributed by atoms with E-state index in [-0.39, 0.29) is 50.5 Å². The maximum atomic E-state index is 15.6. The summed E-state index contributed by atoms with van der Waals surface area (Å²) in [7, 11) is 1.42. The standard InChI is InChI=1S/C34H31Cl2FN4O3/c1-7-29(42)39-14-15-40(20(4)18-39)33-23-16-25(36)22(30-28(44-6)13-12-24(35)31(30)37)17-27(23)41(34(43)32(33)38-5)26-11-9-8-10-21(26)19(2)3/h7-13,16-17,19-20H,1,14-15,18H2,2-4,6H3/t20-/m0/s1. The van der Waals surface area contributed by atoms with Crippen molar-refractivity contribution in [2.24, 2.45) is 0 Å². The number of fused-ring (bicyclic) bond motifs is 1. The molecule has 0 spiro atoms. The summed E-state index contributed by atoms with van der Waals surface area (Å²) in [4.78, 5) is 34.2. The van der Waals surface area contributed by atoms with Gasteiger partial charge in [-0.2, -0.15) is 0 Å². The first kappa shape index (κ1) is 31.1. The molecule has 1 aromatic heterocycles. The third-order valence-electron chi connectivity index (χ3n) is 8.07. The normalized spacial score (nSPS) is 15.0. The van der Waals surface area contributed by atoms with Crippen molar-refractivity contribution >= 4 is 51.4 Å². The van der Waals surface area contributed by atoms with Gasteiger partial charge in [-0.3, -0.25) is 14.2 Å². The zero-order valence-corrected chi connectivity index (χ0v) is 26.3. The van der Waals surface area contributed by atoms with Gasteiger partial charge in [0, 0.05) is 41.6 Å². The van der Waals surface area contributed by atoms with Crippen molar-refractivity contribution in [1.82, 2.24) is 9.47 Å². The molecule has 226 valence electrons. The minimum atomic E-state index is -0.710. The van der Waals surface area contributed by atoms with Gasteiger partial charge >= 0.3 is 0 Å². The molecule has 0 bridgehead atoms. The number of aromatic nitrogens is 1. The van der Waals surface area contributed by atoms with E-state index in [4.69, 9.17) is 34.5 Å². The average molecular weight is 634 g/mol. The molecule has 2 heterocycles. The summed E-state index contributed by atoms with van der Waals surface area (Å²) in [6, 6.07) is 13.6. The number of methoxy groups -OCH3 is 1. The lowest BCUT2D eigenvalue weighted by Crippen LogP contribution is -2.53. The SMILES string of the molecule is [C-]#[N+]c1c(N2CCN(C(=O)C=C)C[C@@H]2C)c2cc(Cl)c(-c3c(OC)ccc(Cl)c3F)cc2n(-c2ccccc2C(C)C)c1=O. The van der Waals surface area contributed by atoms with Crippen LogP contribution in [0.15, 0.2) is 66.0 Å². The highest BCUT2D eigenvalue weighted by Crippen LogP contribution is 2.45. The average Bonchev–Trinajstić information content (AvgIpc) is 3.01. The van der Waals surface area contributed by atoms with Crippen LogP contribution in [0.5, 0.6) is 5.75 Å². The number of carbonyl (C=O) groups excluding carboxylic acids is 1. The second-order valence-corrected chi connectivity index (χ2v) is 11.8. The number of para-hydroxylation sites is 1. The Hall–Kier alpha value is -4.32. The van der Waals surface area contributed by atoms with Crippen molar-refractivity contribution in [2.75, 3.05) is 31.6 Å². The van der Waals surface area contributed by atoms with Gasteiger partial charge in [0.25, 0.3) is 11.2 Å². The minimum Gasteiger partial charge on any atom is -0.496 e. The van der Waals surface area contributed by atoms with Crippen LogP contribution in [0.25, 0.3) is 32.6 Å². The number of halogens is 3. The van der Waals surface area contributed by atoms with E-state index in [0.29, 0.717) is 41.9 Å². The fourth-order valence-corrected chi connectivity index (χ4v) is 6.37. The first-order valence-electron chi connectivity index (χ1n) is 14.1. The van der Waals surface area contributed by atoms with Crippen molar-refractivity contribution in [3.05, 3.63) is 104 Å². The Kier molecular flexibility index (Phi) is 8.73. The van der Waals surface area contributed by atoms with Gasteiger partial charge in [-0.05, 0) is 54.8 Å². The predicted molar refractivity (Wildman–Crippen MR) is 175 cm³/mol. The molecule has 3 aromatic carbocycles. The minimum absolute atomic E-state index is 0.0527. The second kappa shape index (κ2) is 12.4. The molecule has 10 heteroatoms. The highest BCUT2D eigenvalue weighted by atomic mass is 35.5. The predicted octanol–water partition coefficient (Wildman–Crippen LogP) is 8.01. The smallest absolute Gasteiger partial charge is 0.274 e. The maximum Gasteiger partial charge on any atom is 0.274 e. The van der Waals surface area contributed by atoms with Crippen molar-refractivity contribution in [1.29, 1.82) is 0 Å². The van der Waals surface area contributed by atoms with Crippen LogP contribution < -0.4 is 15.2 Å². The van der Waals surface area contributed by atoms with Gasteiger partial charge in [-0.1, -0.05) is 61.8 Å². The molecule has 0 radical (unpaired) electrons. The van der Waals surface area contributed by atoms with E-state index >= 15 is 4.39 Å². The molecular formula is C34H31Cl2FN4O3. The Bertz CT molecular complexity index is 1910. The summed E-state index contributed by atoms with van der Waals surface area (Å²) in [5, 5.41) is 0.619. The Balaban J connectivity index is 1.91. The second-order valence-electron chi connectivity index (χ2n) is 11.0. The van der Waals surface area contributed by atoms with Crippen LogP contribution in [0.1, 0.15) is 32.3 Å². The summed E-state index contributed by atoms with van der Waals surface area (Å²) in [6.45, 7) is 18.9. The van der Waals surface area contributed by atoms with Gasteiger partial charge in [-0.25, -0.2) is 9.24 Å². The number of rotatable bonds is 6. The van der Waals surface area contributed by atoms with Crippen molar-refractivity contribution in [3.8, 4) is 22.6 Å². The quantitative estimate of drug-likeness (QED) is 0.160. The number of piperazine rings is 1. The number of hydrogen-bond acceptors (Lipinski definition) is 4. The van der Waals surface area contributed by atoms with Crippen LogP contribution >= 0.6 is 23.2 Å². The van der Waals surface area contributed by atoms with E-state index in [1.54, 1.807) is 23.1 Å². The number of pyridine rings is 1. The lowest BCUT2D eigenvalue weighted by molar-refractivity contribution is -0.126. The number of amides is 1. The maximum absolute atomic E-state index is 15.6. The topological polar surface area (TPSA) is 59.1 Å². The third kappa shape index (κ3) is 5.21. The molecular weight excluding hydrogens is 602 g/mol. The van der Waals surface area contributed by atoms with Gasteiger partial charge in [0.15, 0.2) is 5.82 Å². The molecule has 0 N–H and O–H groups in total. The Morgan fingerprint density at radius 3 is 2.52 bits per heavy atom. The van der Waals surface area contributed by atoms with Crippen LogP contribution in [0.4, 0.5) is 15.8 Å². The number of ether oxygens (including phenoxy) is 1. The lowest BCUT2D eigenvalue weighted by atomic mass is 9.97. The molecule has 0 saturated carbocycles. The van der Waals surface area contributed by atoms with E-state index in [1.165, 1.54) is 23.8 Å². The molecule has 7 nitrogen and oxygen atoms in total. The van der Waals surface area contributed by atoms with Crippen LogP contribution in [0, 0.1) is 12.4 Å². The molecule has 1 fully saturated rings. The molecule has 1 amide bonds. The fourth-order valence-electron chi connectivity index (χ4n) is 5.96. The van der Waals surface area contributed by atoms with Crippen molar-refractivity contribution < 1.29 is 13.9 Å². The molecule has 5 rings (SSSR count). The Morgan fingerprint density at radius 1 is 1.16 bits per heavy atom. The molecule has 0 unspecified atom stereocenters. The van der Waals surface area contributed by atoms with Crippen LogP contribution in [-0.4, -0.2) is 48.2 Å². The summed E-state index contributed by atoms with van der Waals surface area (Å²) in [5.41, 5.74) is 2.11. The number of anilines is 1. The van der Waals surface area contributed by atoms with E-state index in [2.05, 4.69) is 11.4 Å². The summed E-state index contributed by atoms with van der Waals surface area (Å²) < 4.78 is 22.6. The zero-order valence-electron chi connectivity index (χ0n) is 24.8. The van der Waals surface area contributed by atoms with Crippen LogP contribution in [-0.2, 0) is 4.79 Å². The molecule has 1 aliphatic rings. The number of hydrogen-bond donors (Lipinski definition) is 0. The molecule has 1 saturated heterocycles. The van der Waals surface area contributed by atoms with Crippen LogP contribution in [0.2, 0.25) is 10.0 Å².